The highest BCUT2D eigenvalue weighted by atomic mass is 19.2. The van der Waals surface area contributed by atoms with E-state index in [0.717, 1.165) is 0 Å². The van der Waals surface area contributed by atoms with E-state index in [-0.39, 0.29) is 5.56 Å². The molecular weight excluding hydrogens is 150 g/mol. The normalized spacial score (nSPS) is 15.9. The topological polar surface area (TPSA) is 20.2 Å². The van der Waals surface area contributed by atoms with Gasteiger partial charge in [0.05, 0.1) is 0 Å². The zero-order valence-corrected chi connectivity index (χ0v) is 5.80. The molecule has 0 radical (unpaired) electrons. The van der Waals surface area contributed by atoms with E-state index < -0.39 is 12.5 Å². The molecule has 11 heavy (non-hydrogen) atoms. The molecule has 60 valence electrons. The molecule has 1 nitrogen and oxygen atoms in total. The minimum Gasteiger partial charge on any atom is -0.356 e. The van der Waals surface area contributed by atoms with Crippen LogP contribution in [-0.4, -0.2) is 11.8 Å². The van der Waals surface area contributed by atoms with E-state index in [2.05, 4.69) is 0 Å². The van der Waals surface area contributed by atoms with E-state index in [1.165, 1.54) is 24.3 Å². The van der Waals surface area contributed by atoms with Crippen LogP contribution in [0.3, 0.4) is 0 Å². The molecule has 1 aromatic rings. The predicted octanol–water partition coefficient (Wildman–Crippen LogP) is 1.77. The van der Waals surface area contributed by atoms with Gasteiger partial charge in [0.25, 0.3) is 5.85 Å². The van der Waals surface area contributed by atoms with Gasteiger partial charge in [-0.3, -0.25) is 0 Å². The van der Waals surface area contributed by atoms with Crippen LogP contribution in [0.1, 0.15) is 5.56 Å². The summed E-state index contributed by atoms with van der Waals surface area (Å²) in [5, 5.41) is 8.75. The van der Waals surface area contributed by atoms with Gasteiger partial charge in [-0.05, 0) is 0 Å². The van der Waals surface area contributed by atoms with Gasteiger partial charge in [0.15, 0.2) is 6.67 Å². The molecule has 0 aliphatic carbocycles. The van der Waals surface area contributed by atoms with E-state index in [1.807, 2.05) is 0 Å². The van der Waals surface area contributed by atoms with Crippen molar-refractivity contribution in [2.24, 2.45) is 0 Å². The molecule has 0 spiro atoms. The number of benzene rings is 1. The van der Waals surface area contributed by atoms with Crippen LogP contribution < -0.4 is 0 Å². The first-order chi connectivity index (χ1) is 5.17. The van der Waals surface area contributed by atoms with Crippen LogP contribution >= 0.6 is 0 Å². The molecule has 0 aliphatic heterocycles. The van der Waals surface area contributed by atoms with Crippen LogP contribution in [0.2, 0.25) is 0 Å². The molecule has 0 saturated heterocycles. The maximum absolute atomic E-state index is 12.7. The SMILES string of the molecule is OC(F)(CF)c1ccccc1. The molecule has 0 aromatic heterocycles. The molecule has 1 N–H and O–H groups in total. The van der Waals surface area contributed by atoms with Crippen molar-refractivity contribution in [3.8, 4) is 0 Å². The summed E-state index contributed by atoms with van der Waals surface area (Å²) >= 11 is 0. The minimum absolute atomic E-state index is 0.0532. The van der Waals surface area contributed by atoms with Gasteiger partial charge in [-0.25, -0.2) is 8.78 Å². The predicted molar refractivity (Wildman–Crippen MR) is 37.4 cm³/mol. The van der Waals surface area contributed by atoms with Gasteiger partial charge in [-0.15, -0.1) is 0 Å². The molecule has 0 fully saturated rings. The van der Waals surface area contributed by atoms with Gasteiger partial charge >= 0.3 is 0 Å². The molecular formula is C8H8F2O. The monoisotopic (exact) mass is 158 g/mol. The first-order valence-corrected chi connectivity index (χ1v) is 3.19. The Bertz CT molecular complexity index is 221. The Morgan fingerprint density at radius 2 is 1.82 bits per heavy atom. The Hall–Kier alpha value is -0.960. The second-order valence-electron chi connectivity index (χ2n) is 2.26. The average Bonchev–Trinajstić information content (AvgIpc) is 2.06. The van der Waals surface area contributed by atoms with Gasteiger partial charge in [-0.1, -0.05) is 30.3 Å². The fourth-order valence-electron chi connectivity index (χ4n) is 0.771. The number of halogens is 2. The van der Waals surface area contributed by atoms with Crippen LogP contribution in [0.15, 0.2) is 30.3 Å². The number of hydrogen-bond acceptors (Lipinski definition) is 1. The second kappa shape index (κ2) is 2.96. The molecule has 1 unspecified atom stereocenters. The highest BCUT2D eigenvalue weighted by Gasteiger charge is 2.27. The summed E-state index contributed by atoms with van der Waals surface area (Å²) in [6.07, 6.45) is 0. The largest absolute Gasteiger partial charge is 0.356 e. The van der Waals surface area contributed by atoms with Gasteiger partial charge in [0.1, 0.15) is 0 Å². The van der Waals surface area contributed by atoms with Gasteiger partial charge in [-0.2, -0.15) is 0 Å². The highest BCUT2D eigenvalue weighted by molar-refractivity contribution is 5.19. The fraction of sp³-hybridized carbons (Fsp3) is 0.250. The molecule has 1 rings (SSSR count). The molecule has 0 aliphatic rings. The van der Waals surface area contributed by atoms with Crippen molar-refractivity contribution in [3.63, 3.8) is 0 Å². The van der Waals surface area contributed by atoms with Crippen LogP contribution in [-0.2, 0) is 5.85 Å². The Morgan fingerprint density at radius 3 is 2.27 bits per heavy atom. The third kappa shape index (κ3) is 1.74. The summed E-state index contributed by atoms with van der Waals surface area (Å²) in [6.45, 7) is -1.42. The van der Waals surface area contributed by atoms with Crippen LogP contribution in [0.5, 0.6) is 0 Å². The summed E-state index contributed by atoms with van der Waals surface area (Å²) in [4.78, 5) is 0. The van der Waals surface area contributed by atoms with Crippen LogP contribution in [0.4, 0.5) is 8.78 Å². The third-order valence-corrected chi connectivity index (χ3v) is 1.39. The number of rotatable bonds is 2. The first-order valence-electron chi connectivity index (χ1n) is 3.19. The number of hydrogen-bond donors (Lipinski definition) is 1. The lowest BCUT2D eigenvalue weighted by Crippen LogP contribution is -2.21. The summed E-state index contributed by atoms with van der Waals surface area (Å²) in [5.41, 5.74) is -0.0532. The lowest BCUT2D eigenvalue weighted by Gasteiger charge is -2.14. The Balaban J connectivity index is 2.93. The van der Waals surface area contributed by atoms with Crippen molar-refractivity contribution < 1.29 is 13.9 Å². The molecule has 0 amide bonds. The van der Waals surface area contributed by atoms with Crippen molar-refractivity contribution in [3.05, 3.63) is 35.9 Å². The van der Waals surface area contributed by atoms with Gasteiger partial charge in [0, 0.05) is 5.56 Å². The smallest absolute Gasteiger partial charge is 0.261 e. The van der Waals surface area contributed by atoms with E-state index in [0.29, 0.717) is 0 Å². The quantitative estimate of drug-likeness (QED) is 0.695. The summed E-state index contributed by atoms with van der Waals surface area (Å²) in [6, 6.07) is 7.40. The maximum atomic E-state index is 12.7. The average molecular weight is 158 g/mol. The van der Waals surface area contributed by atoms with Crippen molar-refractivity contribution in [1.29, 1.82) is 0 Å². The fourth-order valence-corrected chi connectivity index (χ4v) is 0.771. The lowest BCUT2D eigenvalue weighted by atomic mass is 10.1. The van der Waals surface area contributed by atoms with Crippen molar-refractivity contribution in [1.82, 2.24) is 0 Å². The zero-order chi connectivity index (χ0) is 8.32. The molecule has 3 heteroatoms. The molecule has 0 saturated carbocycles. The molecule has 0 bridgehead atoms. The Labute approximate surface area is 63.3 Å². The number of aliphatic hydroxyl groups is 1. The van der Waals surface area contributed by atoms with Crippen LogP contribution in [0.25, 0.3) is 0 Å². The van der Waals surface area contributed by atoms with Crippen molar-refractivity contribution in [2.45, 2.75) is 5.85 Å². The summed E-state index contributed by atoms with van der Waals surface area (Å²) in [7, 11) is 0. The lowest BCUT2D eigenvalue weighted by molar-refractivity contribution is -0.111. The molecule has 1 atom stereocenters. The summed E-state index contributed by atoms with van der Waals surface area (Å²) < 4.78 is 24.6. The van der Waals surface area contributed by atoms with E-state index >= 15 is 0 Å². The zero-order valence-electron chi connectivity index (χ0n) is 5.80. The van der Waals surface area contributed by atoms with Crippen LogP contribution in [0, 0.1) is 0 Å². The highest BCUT2D eigenvalue weighted by Crippen LogP contribution is 2.22. The van der Waals surface area contributed by atoms with Crippen molar-refractivity contribution >= 4 is 0 Å². The number of alkyl halides is 2. The second-order valence-corrected chi connectivity index (χ2v) is 2.26. The van der Waals surface area contributed by atoms with E-state index in [1.54, 1.807) is 6.07 Å². The molecule has 0 heterocycles. The van der Waals surface area contributed by atoms with E-state index in [4.69, 9.17) is 5.11 Å². The van der Waals surface area contributed by atoms with Gasteiger partial charge < -0.3 is 5.11 Å². The maximum Gasteiger partial charge on any atom is 0.261 e. The minimum atomic E-state index is -2.83. The summed E-state index contributed by atoms with van der Waals surface area (Å²) in [5.74, 6) is -2.83. The van der Waals surface area contributed by atoms with Gasteiger partial charge in [0.2, 0.25) is 0 Å². The van der Waals surface area contributed by atoms with E-state index in [9.17, 15) is 8.78 Å². The Morgan fingerprint density at radius 1 is 1.27 bits per heavy atom. The van der Waals surface area contributed by atoms with Crippen molar-refractivity contribution in [2.75, 3.05) is 6.67 Å². The Kier molecular flexibility index (Phi) is 2.19. The standard InChI is InChI=1S/C8H8F2O/c9-6-8(10,11)7-4-2-1-3-5-7/h1-5,11H,6H2. The molecule has 1 aromatic carbocycles. The third-order valence-electron chi connectivity index (χ3n) is 1.39. The first kappa shape index (κ1) is 8.14.